The van der Waals surface area contributed by atoms with Gasteiger partial charge < -0.3 is 9.64 Å². The summed E-state index contributed by atoms with van der Waals surface area (Å²) in [6.45, 7) is 1.55. The molecular formula is C26H30N4O2. The summed E-state index contributed by atoms with van der Waals surface area (Å²) in [7, 11) is 0. The van der Waals surface area contributed by atoms with Crippen LogP contribution >= 0.6 is 0 Å². The first-order chi connectivity index (χ1) is 15.8. The minimum absolute atomic E-state index is 0.0282. The molecular weight excluding hydrogens is 400 g/mol. The van der Waals surface area contributed by atoms with Crippen molar-refractivity contribution in [1.29, 1.82) is 0 Å². The van der Waals surface area contributed by atoms with Gasteiger partial charge in [-0.3, -0.25) is 9.89 Å². The largest absolute Gasteiger partial charge is 0.474 e. The van der Waals surface area contributed by atoms with Crippen LogP contribution in [0, 0.1) is 0 Å². The lowest BCUT2D eigenvalue weighted by atomic mass is 9.90. The summed E-state index contributed by atoms with van der Waals surface area (Å²) in [4.78, 5) is 19.4. The normalized spacial score (nSPS) is 20.1. The number of likely N-dealkylation sites (tertiary alicyclic amines) is 1. The van der Waals surface area contributed by atoms with Crippen molar-refractivity contribution in [3.05, 3.63) is 59.9 Å². The number of nitrogens with one attached hydrogen (secondary N) is 1. The standard InChI is InChI=1S/C26H30N4O2/c31-24(30-17-7-10-20(18-30)19-8-3-1-4-9-19)14-13-22-25-23(29-28-22)15-16-27-26(25)32-21-11-5-2-6-12-21/h1,3-4,8-9,13-16,20-21H,2,5-7,10-12,17-18H2,(H,28,29). The topological polar surface area (TPSA) is 71.1 Å². The molecule has 1 unspecified atom stereocenters. The Morgan fingerprint density at radius 1 is 1.06 bits per heavy atom. The maximum atomic E-state index is 13.0. The van der Waals surface area contributed by atoms with Crippen LogP contribution in [-0.2, 0) is 4.79 Å². The second-order valence-electron chi connectivity index (χ2n) is 8.89. The van der Waals surface area contributed by atoms with Crippen LogP contribution in [0.15, 0.2) is 48.7 Å². The molecule has 1 N–H and O–H groups in total. The second-order valence-corrected chi connectivity index (χ2v) is 8.89. The molecule has 1 aliphatic heterocycles. The van der Waals surface area contributed by atoms with E-state index in [1.807, 2.05) is 17.0 Å². The summed E-state index contributed by atoms with van der Waals surface area (Å²) in [5.74, 6) is 1.03. The smallest absolute Gasteiger partial charge is 0.246 e. The van der Waals surface area contributed by atoms with Crippen LogP contribution < -0.4 is 4.74 Å². The number of pyridine rings is 1. The van der Waals surface area contributed by atoms with E-state index in [-0.39, 0.29) is 12.0 Å². The molecule has 1 atom stereocenters. The highest BCUT2D eigenvalue weighted by atomic mass is 16.5. The van der Waals surface area contributed by atoms with Gasteiger partial charge in [-0.1, -0.05) is 36.8 Å². The lowest BCUT2D eigenvalue weighted by Gasteiger charge is -2.32. The monoisotopic (exact) mass is 430 g/mol. The average molecular weight is 431 g/mol. The lowest BCUT2D eigenvalue weighted by molar-refractivity contribution is -0.127. The van der Waals surface area contributed by atoms with Gasteiger partial charge in [-0.25, -0.2) is 4.98 Å². The molecule has 6 nitrogen and oxygen atoms in total. The van der Waals surface area contributed by atoms with Crippen LogP contribution in [0.3, 0.4) is 0 Å². The Kier molecular flexibility index (Phi) is 6.19. The second kappa shape index (κ2) is 9.55. The van der Waals surface area contributed by atoms with Crippen molar-refractivity contribution >= 4 is 22.9 Å². The van der Waals surface area contributed by atoms with Crippen LogP contribution in [0.4, 0.5) is 0 Å². The minimum atomic E-state index is 0.0282. The molecule has 3 heterocycles. The van der Waals surface area contributed by atoms with Crippen LogP contribution in [-0.4, -0.2) is 45.2 Å². The van der Waals surface area contributed by atoms with Gasteiger partial charge in [0.1, 0.15) is 6.10 Å². The van der Waals surface area contributed by atoms with Gasteiger partial charge in [0.25, 0.3) is 0 Å². The van der Waals surface area contributed by atoms with Crippen molar-refractivity contribution < 1.29 is 9.53 Å². The van der Waals surface area contributed by atoms with Gasteiger partial charge in [0, 0.05) is 31.3 Å². The third kappa shape index (κ3) is 4.54. The van der Waals surface area contributed by atoms with E-state index in [0.29, 0.717) is 17.5 Å². The number of nitrogens with zero attached hydrogens (tertiary/aromatic N) is 3. The number of hydrogen-bond donors (Lipinski definition) is 1. The fourth-order valence-electron chi connectivity index (χ4n) is 4.94. The zero-order chi connectivity index (χ0) is 21.8. The fraction of sp³-hybridized carbons (Fsp3) is 0.423. The van der Waals surface area contributed by atoms with Gasteiger partial charge in [-0.05, 0) is 56.2 Å². The van der Waals surface area contributed by atoms with Gasteiger partial charge in [0.15, 0.2) is 0 Å². The Labute approximate surface area is 188 Å². The SMILES string of the molecule is O=C(C=Cc1n[nH]c2ccnc(OC3CCCCC3)c12)N1CCCC(c2ccccc2)C1. The maximum absolute atomic E-state index is 13.0. The van der Waals surface area contributed by atoms with E-state index in [0.717, 1.165) is 49.7 Å². The maximum Gasteiger partial charge on any atom is 0.246 e. The van der Waals surface area contributed by atoms with Crippen LogP contribution in [0.1, 0.15) is 62.1 Å². The number of H-pyrrole nitrogens is 1. The Balaban J connectivity index is 1.31. The van der Waals surface area contributed by atoms with E-state index in [1.54, 1.807) is 18.3 Å². The van der Waals surface area contributed by atoms with Gasteiger partial charge in [0.05, 0.1) is 16.6 Å². The van der Waals surface area contributed by atoms with Crippen LogP contribution in [0.2, 0.25) is 0 Å². The Morgan fingerprint density at radius 2 is 1.91 bits per heavy atom. The third-order valence-corrected chi connectivity index (χ3v) is 6.69. The zero-order valence-corrected chi connectivity index (χ0v) is 18.4. The number of amides is 1. The molecule has 2 fully saturated rings. The van der Waals surface area contributed by atoms with E-state index < -0.39 is 0 Å². The van der Waals surface area contributed by atoms with E-state index in [2.05, 4.69) is 39.4 Å². The lowest BCUT2D eigenvalue weighted by Crippen LogP contribution is -2.38. The molecule has 1 aromatic carbocycles. The molecule has 2 aromatic heterocycles. The molecule has 0 bridgehead atoms. The van der Waals surface area contributed by atoms with Crippen molar-refractivity contribution in [2.24, 2.45) is 0 Å². The highest BCUT2D eigenvalue weighted by Crippen LogP contribution is 2.30. The Morgan fingerprint density at radius 3 is 2.75 bits per heavy atom. The number of rotatable bonds is 5. The minimum Gasteiger partial charge on any atom is -0.474 e. The highest BCUT2D eigenvalue weighted by Gasteiger charge is 2.24. The number of carbonyl (C=O) groups is 1. The summed E-state index contributed by atoms with van der Waals surface area (Å²) < 4.78 is 6.25. The molecule has 0 radical (unpaired) electrons. The highest BCUT2D eigenvalue weighted by molar-refractivity contribution is 5.96. The van der Waals surface area contributed by atoms with E-state index >= 15 is 0 Å². The predicted molar refractivity (Wildman–Crippen MR) is 125 cm³/mol. The first-order valence-corrected chi connectivity index (χ1v) is 11.8. The summed E-state index contributed by atoms with van der Waals surface area (Å²) in [6, 6.07) is 12.4. The quantitative estimate of drug-likeness (QED) is 0.573. The Hall–Kier alpha value is -3.15. The van der Waals surface area contributed by atoms with Crippen molar-refractivity contribution in [2.45, 2.75) is 57.0 Å². The molecule has 3 aromatic rings. The number of carbonyl (C=O) groups excluding carboxylic acids is 1. The van der Waals surface area contributed by atoms with Crippen LogP contribution in [0.5, 0.6) is 5.88 Å². The molecule has 2 aliphatic rings. The molecule has 1 amide bonds. The van der Waals surface area contributed by atoms with E-state index in [4.69, 9.17) is 4.74 Å². The molecule has 1 saturated carbocycles. The summed E-state index contributed by atoms with van der Waals surface area (Å²) >= 11 is 0. The summed E-state index contributed by atoms with van der Waals surface area (Å²) in [6.07, 6.45) is 13.3. The average Bonchev–Trinajstić information content (AvgIpc) is 3.28. The van der Waals surface area contributed by atoms with Gasteiger partial charge in [-0.2, -0.15) is 5.10 Å². The molecule has 1 saturated heterocycles. The summed E-state index contributed by atoms with van der Waals surface area (Å²) in [5, 5.41) is 8.33. The molecule has 166 valence electrons. The van der Waals surface area contributed by atoms with Crippen molar-refractivity contribution in [1.82, 2.24) is 20.1 Å². The molecule has 0 spiro atoms. The molecule has 32 heavy (non-hydrogen) atoms. The van der Waals surface area contributed by atoms with Crippen molar-refractivity contribution in [3.63, 3.8) is 0 Å². The van der Waals surface area contributed by atoms with Gasteiger partial charge in [-0.15, -0.1) is 0 Å². The number of piperidine rings is 1. The number of ether oxygens (including phenoxy) is 1. The number of benzene rings is 1. The fourth-order valence-corrected chi connectivity index (χ4v) is 4.94. The zero-order valence-electron chi connectivity index (χ0n) is 18.4. The van der Waals surface area contributed by atoms with Crippen LogP contribution in [0.25, 0.3) is 17.0 Å². The van der Waals surface area contributed by atoms with E-state index in [9.17, 15) is 4.79 Å². The number of fused-ring (bicyclic) bond motifs is 1. The third-order valence-electron chi connectivity index (χ3n) is 6.69. The molecule has 1 aliphatic carbocycles. The number of aromatic amines is 1. The van der Waals surface area contributed by atoms with Gasteiger partial charge >= 0.3 is 0 Å². The van der Waals surface area contributed by atoms with E-state index in [1.165, 1.54) is 24.8 Å². The van der Waals surface area contributed by atoms with Crippen molar-refractivity contribution in [3.8, 4) is 5.88 Å². The van der Waals surface area contributed by atoms with Gasteiger partial charge in [0.2, 0.25) is 11.8 Å². The number of aromatic nitrogens is 3. The number of hydrogen-bond acceptors (Lipinski definition) is 4. The first-order valence-electron chi connectivity index (χ1n) is 11.8. The predicted octanol–water partition coefficient (Wildman–Crippen LogP) is 5.09. The first kappa shape index (κ1) is 20.7. The Bertz CT molecular complexity index is 1090. The summed E-state index contributed by atoms with van der Waals surface area (Å²) in [5.41, 5.74) is 2.88. The molecule has 6 heteroatoms. The van der Waals surface area contributed by atoms with Crippen molar-refractivity contribution in [2.75, 3.05) is 13.1 Å². The molecule has 5 rings (SSSR count).